The molecule has 0 fully saturated rings. The summed E-state index contributed by atoms with van der Waals surface area (Å²) in [4.78, 5) is 0. The van der Waals surface area contributed by atoms with Gasteiger partial charge in [0, 0.05) is 5.56 Å². The molecule has 0 bridgehead atoms. The number of aliphatic hydroxyl groups excluding tert-OH is 1. The fraction of sp³-hybridized carbons (Fsp3) is 0.286. The van der Waals surface area contributed by atoms with Crippen LogP contribution in [0.2, 0.25) is 0 Å². The zero-order valence-electron chi connectivity index (χ0n) is 9.83. The van der Waals surface area contributed by atoms with Crippen LogP contribution >= 0.6 is 0 Å². The van der Waals surface area contributed by atoms with Gasteiger partial charge < -0.3 is 5.11 Å². The number of benzene rings is 2. The van der Waals surface area contributed by atoms with E-state index in [2.05, 4.69) is 0 Å². The van der Waals surface area contributed by atoms with E-state index in [0.717, 1.165) is 0 Å². The van der Waals surface area contributed by atoms with Crippen molar-refractivity contribution in [2.75, 3.05) is 0 Å². The van der Waals surface area contributed by atoms with E-state index < -0.39 is 12.3 Å². The molecular weight excluding hydrogens is 241 g/mol. The predicted octanol–water partition coefficient (Wildman–Crippen LogP) is 4.00. The first kappa shape index (κ1) is 12.9. The van der Waals surface area contributed by atoms with Crippen molar-refractivity contribution in [3.8, 4) is 0 Å². The highest BCUT2D eigenvalue weighted by Crippen LogP contribution is 2.38. The molecule has 0 aliphatic carbocycles. The minimum Gasteiger partial charge on any atom is -0.379 e. The molecule has 96 valence electrons. The SMILES string of the molecule is CCc1ccc2ccccc2c1C(O)C(F)(F)F. The minimum absolute atomic E-state index is 0.0249. The van der Waals surface area contributed by atoms with Crippen molar-refractivity contribution < 1.29 is 18.3 Å². The lowest BCUT2D eigenvalue weighted by Gasteiger charge is -2.20. The summed E-state index contributed by atoms with van der Waals surface area (Å²) in [5.74, 6) is 0. The van der Waals surface area contributed by atoms with Crippen LogP contribution in [0.5, 0.6) is 0 Å². The van der Waals surface area contributed by atoms with Crippen LogP contribution in [0.4, 0.5) is 13.2 Å². The van der Waals surface area contributed by atoms with Gasteiger partial charge in [0.1, 0.15) is 0 Å². The van der Waals surface area contributed by atoms with E-state index >= 15 is 0 Å². The van der Waals surface area contributed by atoms with Crippen LogP contribution in [0.25, 0.3) is 10.8 Å². The Morgan fingerprint density at radius 1 is 1.11 bits per heavy atom. The highest BCUT2D eigenvalue weighted by molar-refractivity contribution is 5.87. The third-order valence-electron chi connectivity index (χ3n) is 3.03. The number of hydrogen-bond acceptors (Lipinski definition) is 1. The van der Waals surface area contributed by atoms with Gasteiger partial charge in [-0.2, -0.15) is 13.2 Å². The highest BCUT2D eigenvalue weighted by atomic mass is 19.4. The lowest BCUT2D eigenvalue weighted by molar-refractivity contribution is -0.206. The number of alkyl halides is 3. The molecule has 1 N–H and O–H groups in total. The molecule has 2 aromatic rings. The van der Waals surface area contributed by atoms with Gasteiger partial charge in [0.05, 0.1) is 0 Å². The number of rotatable bonds is 2. The number of aryl methyl sites for hydroxylation is 1. The van der Waals surface area contributed by atoms with E-state index in [1.165, 1.54) is 0 Å². The average molecular weight is 254 g/mol. The van der Waals surface area contributed by atoms with Crippen molar-refractivity contribution in [2.45, 2.75) is 25.6 Å². The maximum absolute atomic E-state index is 12.7. The van der Waals surface area contributed by atoms with Gasteiger partial charge in [0.2, 0.25) is 0 Å². The monoisotopic (exact) mass is 254 g/mol. The first-order chi connectivity index (χ1) is 8.45. The quantitative estimate of drug-likeness (QED) is 0.858. The van der Waals surface area contributed by atoms with E-state index in [9.17, 15) is 18.3 Å². The van der Waals surface area contributed by atoms with Crippen LogP contribution in [-0.4, -0.2) is 11.3 Å². The Balaban J connectivity index is 2.72. The molecule has 0 amide bonds. The second-order valence-electron chi connectivity index (χ2n) is 4.16. The minimum atomic E-state index is -4.64. The molecule has 1 atom stereocenters. The maximum atomic E-state index is 12.7. The summed E-state index contributed by atoms with van der Waals surface area (Å²) in [6.07, 6.45) is -6.63. The van der Waals surface area contributed by atoms with Gasteiger partial charge in [-0.1, -0.05) is 43.3 Å². The van der Waals surface area contributed by atoms with Crippen molar-refractivity contribution in [3.63, 3.8) is 0 Å². The fourth-order valence-corrected chi connectivity index (χ4v) is 2.14. The molecule has 0 radical (unpaired) electrons. The van der Waals surface area contributed by atoms with Crippen molar-refractivity contribution in [1.29, 1.82) is 0 Å². The van der Waals surface area contributed by atoms with E-state index in [4.69, 9.17) is 0 Å². The summed E-state index contributed by atoms with van der Waals surface area (Å²) in [5, 5.41) is 10.7. The van der Waals surface area contributed by atoms with Gasteiger partial charge in [-0.3, -0.25) is 0 Å². The van der Waals surface area contributed by atoms with Crippen molar-refractivity contribution in [2.24, 2.45) is 0 Å². The van der Waals surface area contributed by atoms with E-state index in [1.54, 1.807) is 43.3 Å². The standard InChI is InChI=1S/C14H13F3O/c1-2-9-7-8-10-5-3-4-6-11(10)12(9)13(18)14(15,16)17/h3-8,13,18H,2H2,1H3. The molecule has 0 spiro atoms. The first-order valence-electron chi connectivity index (χ1n) is 5.70. The second-order valence-corrected chi connectivity index (χ2v) is 4.16. The molecule has 1 unspecified atom stereocenters. The Labute approximate surface area is 103 Å². The third kappa shape index (κ3) is 2.20. The summed E-state index contributed by atoms with van der Waals surface area (Å²) in [5.41, 5.74) is 0.502. The van der Waals surface area contributed by atoms with Gasteiger partial charge in [0.15, 0.2) is 6.10 Å². The van der Waals surface area contributed by atoms with Gasteiger partial charge in [-0.05, 0) is 22.8 Å². The van der Waals surface area contributed by atoms with Crippen LogP contribution in [-0.2, 0) is 6.42 Å². The molecule has 0 saturated heterocycles. The van der Waals surface area contributed by atoms with Gasteiger partial charge in [-0.15, -0.1) is 0 Å². The molecule has 0 aliphatic rings. The topological polar surface area (TPSA) is 20.2 Å². The molecule has 4 heteroatoms. The van der Waals surface area contributed by atoms with E-state index in [-0.39, 0.29) is 5.56 Å². The molecule has 0 saturated carbocycles. The van der Waals surface area contributed by atoms with Crippen LogP contribution in [0.15, 0.2) is 36.4 Å². The van der Waals surface area contributed by atoms with Crippen LogP contribution in [0, 0.1) is 0 Å². The fourth-order valence-electron chi connectivity index (χ4n) is 2.14. The maximum Gasteiger partial charge on any atom is 0.418 e. The normalized spacial score (nSPS) is 13.8. The Hall–Kier alpha value is -1.55. The van der Waals surface area contributed by atoms with Gasteiger partial charge in [-0.25, -0.2) is 0 Å². The number of hydrogen-bond donors (Lipinski definition) is 1. The number of fused-ring (bicyclic) bond motifs is 1. The predicted molar refractivity (Wildman–Crippen MR) is 64.3 cm³/mol. The summed E-state index contributed by atoms with van der Waals surface area (Å²) in [7, 11) is 0. The Morgan fingerprint density at radius 3 is 2.39 bits per heavy atom. The second kappa shape index (κ2) is 4.61. The lowest BCUT2D eigenvalue weighted by Crippen LogP contribution is -2.21. The van der Waals surface area contributed by atoms with Gasteiger partial charge in [0.25, 0.3) is 0 Å². The molecule has 2 rings (SSSR count). The van der Waals surface area contributed by atoms with Crippen LogP contribution in [0.3, 0.4) is 0 Å². The van der Waals surface area contributed by atoms with Gasteiger partial charge >= 0.3 is 6.18 Å². The highest BCUT2D eigenvalue weighted by Gasteiger charge is 2.41. The van der Waals surface area contributed by atoms with Crippen LogP contribution < -0.4 is 0 Å². The number of aliphatic hydroxyl groups is 1. The van der Waals surface area contributed by atoms with Crippen molar-refractivity contribution in [3.05, 3.63) is 47.5 Å². The Bertz CT molecular complexity index is 560. The first-order valence-corrected chi connectivity index (χ1v) is 5.70. The van der Waals surface area contributed by atoms with Crippen LogP contribution in [0.1, 0.15) is 24.2 Å². The largest absolute Gasteiger partial charge is 0.418 e. The van der Waals surface area contributed by atoms with Crippen molar-refractivity contribution >= 4 is 10.8 Å². The lowest BCUT2D eigenvalue weighted by atomic mass is 9.93. The molecule has 0 aliphatic heterocycles. The van der Waals surface area contributed by atoms with Crippen molar-refractivity contribution in [1.82, 2.24) is 0 Å². The van der Waals surface area contributed by atoms with E-state index in [1.807, 2.05) is 0 Å². The molecule has 2 aromatic carbocycles. The zero-order chi connectivity index (χ0) is 13.3. The summed E-state index contributed by atoms with van der Waals surface area (Å²) < 4.78 is 38.2. The Morgan fingerprint density at radius 2 is 1.78 bits per heavy atom. The zero-order valence-corrected chi connectivity index (χ0v) is 9.83. The molecule has 1 nitrogen and oxygen atoms in total. The number of halogens is 3. The van der Waals surface area contributed by atoms with E-state index in [0.29, 0.717) is 22.8 Å². The summed E-state index contributed by atoms with van der Waals surface area (Å²) >= 11 is 0. The Kier molecular flexibility index (Phi) is 3.30. The average Bonchev–Trinajstić information content (AvgIpc) is 2.35. The third-order valence-corrected chi connectivity index (χ3v) is 3.03. The molecular formula is C14H13F3O. The summed E-state index contributed by atoms with van der Waals surface area (Å²) in [6.45, 7) is 1.77. The molecule has 0 aromatic heterocycles. The molecule has 18 heavy (non-hydrogen) atoms. The molecule has 0 heterocycles. The summed E-state index contributed by atoms with van der Waals surface area (Å²) in [6, 6.07) is 10.2. The smallest absolute Gasteiger partial charge is 0.379 e.